The maximum absolute atomic E-state index is 12.8. The van der Waals surface area contributed by atoms with Crippen molar-refractivity contribution in [3.8, 4) is 0 Å². The lowest BCUT2D eigenvalue weighted by Crippen LogP contribution is -2.29. The monoisotopic (exact) mass is 418 g/mol. The molecule has 30 heavy (non-hydrogen) atoms. The third-order valence-corrected chi connectivity index (χ3v) is 6.00. The van der Waals surface area contributed by atoms with Crippen LogP contribution < -0.4 is 10.6 Å². The minimum atomic E-state index is -0.246. The summed E-state index contributed by atoms with van der Waals surface area (Å²) in [5, 5.41) is 5.68. The highest BCUT2D eigenvalue weighted by molar-refractivity contribution is 7.99. The molecule has 2 amide bonds. The number of hydrogen-bond acceptors (Lipinski definition) is 3. The molecular weight excluding hydrogens is 392 g/mol. The molecule has 0 aliphatic carbocycles. The molecule has 2 atom stereocenters. The van der Waals surface area contributed by atoms with E-state index in [0.29, 0.717) is 11.3 Å². The first-order chi connectivity index (χ1) is 14.5. The number of para-hydroxylation sites is 1. The maximum atomic E-state index is 12.8. The average molecular weight is 419 g/mol. The molecule has 0 spiro atoms. The van der Waals surface area contributed by atoms with Crippen LogP contribution in [0.4, 0.5) is 5.69 Å². The third kappa shape index (κ3) is 5.97. The summed E-state index contributed by atoms with van der Waals surface area (Å²) in [6.45, 7) is 3.82. The van der Waals surface area contributed by atoms with Crippen molar-refractivity contribution < 1.29 is 9.59 Å². The smallest absolute Gasteiger partial charge is 0.253 e. The highest BCUT2D eigenvalue weighted by Crippen LogP contribution is 2.22. The van der Waals surface area contributed by atoms with Crippen molar-refractivity contribution in [1.29, 1.82) is 0 Å². The Morgan fingerprint density at radius 1 is 0.833 bits per heavy atom. The summed E-state index contributed by atoms with van der Waals surface area (Å²) < 4.78 is 0. The third-order valence-electron chi connectivity index (χ3n) is 4.79. The lowest BCUT2D eigenvalue weighted by molar-refractivity contribution is -0.115. The fourth-order valence-electron chi connectivity index (χ4n) is 3.00. The van der Waals surface area contributed by atoms with Crippen molar-refractivity contribution >= 4 is 29.3 Å². The Kier molecular flexibility index (Phi) is 7.69. The van der Waals surface area contributed by atoms with E-state index >= 15 is 0 Å². The van der Waals surface area contributed by atoms with E-state index in [9.17, 15) is 9.59 Å². The molecule has 154 valence electrons. The Bertz CT molecular complexity index is 977. The second-order valence-corrected chi connectivity index (χ2v) is 8.41. The Morgan fingerprint density at radius 3 is 2.13 bits per heavy atom. The molecule has 0 bridgehead atoms. The summed E-state index contributed by atoms with van der Waals surface area (Å²) >= 11 is 1.57. The Hall–Kier alpha value is -3.05. The molecule has 2 N–H and O–H groups in total. The van der Waals surface area contributed by atoms with Gasteiger partial charge in [-0.05, 0) is 37.1 Å². The number of hydrogen-bond donors (Lipinski definition) is 2. The fraction of sp³-hybridized carbons (Fsp3) is 0.200. The summed E-state index contributed by atoms with van der Waals surface area (Å²) in [6.07, 6.45) is 0. The molecule has 0 aliphatic heterocycles. The number of anilines is 1. The summed E-state index contributed by atoms with van der Waals surface area (Å²) in [6, 6.07) is 26.8. The van der Waals surface area contributed by atoms with Gasteiger partial charge in [0.2, 0.25) is 5.91 Å². The first-order valence-corrected chi connectivity index (χ1v) is 11.0. The van der Waals surface area contributed by atoms with Crippen LogP contribution in [0.3, 0.4) is 0 Å². The van der Waals surface area contributed by atoms with Crippen molar-refractivity contribution in [3.63, 3.8) is 0 Å². The normalized spacial score (nSPS) is 12.6. The van der Waals surface area contributed by atoms with Gasteiger partial charge in [-0.15, -0.1) is 11.8 Å². The zero-order valence-electron chi connectivity index (χ0n) is 17.2. The van der Waals surface area contributed by atoms with E-state index in [2.05, 4.69) is 10.6 Å². The number of rotatable bonds is 8. The molecule has 0 aliphatic rings. The van der Waals surface area contributed by atoms with Crippen molar-refractivity contribution in [1.82, 2.24) is 5.32 Å². The molecule has 0 aromatic heterocycles. The Balaban J connectivity index is 1.62. The predicted octanol–water partition coefficient (Wildman–Crippen LogP) is 5.44. The van der Waals surface area contributed by atoms with E-state index in [4.69, 9.17) is 0 Å². The van der Waals surface area contributed by atoms with Gasteiger partial charge in [-0.1, -0.05) is 72.8 Å². The first kappa shape index (κ1) is 21.7. The van der Waals surface area contributed by atoms with Crippen LogP contribution in [0.1, 0.15) is 41.4 Å². The summed E-state index contributed by atoms with van der Waals surface area (Å²) in [4.78, 5) is 25.5. The minimum absolute atomic E-state index is 0.118. The lowest BCUT2D eigenvalue weighted by Gasteiger charge is -2.17. The quantitative estimate of drug-likeness (QED) is 0.512. The molecule has 3 rings (SSSR count). The summed E-state index contributed by atoms with van der Waals surface area (Å²) in [5.41, 5.74) is 3.18. The molecule has 4 nitrogen and oxygen atoms in total. The molecule has 0 unspecified atom stereocenters. The van der Waals surface area contributed by atoms with Crippen LogP contribution in [0.15, 0.2) is 84.9 Å². The lowest BCUT2D eigenvalue weighted by atomic mass is 10.1. The number of carbonyl (C=O) groups excluding carboxylic acids is 2. The molecule has 0 saturated carbocycles. The van der Waals surface area contributed by atoms with Gasteiger partial charge < -0.3 is 10.6 Å². The van der Waals surface area contributed by atoms with Gasteiger partial charge in [0.05, 0.1) is 22.5 Å². The van der Waals surface area contributed by atoms with Gasteiger partial charge in [-0.2, -0.15) is 0 Å². The molecule has 5 heteroatoms. The van der Waals surface area contributed by atoms with Crippen LogP contribution in [-0.4, -0.2) is 17.1 Å². The van der Waals surface area contributed by atoms with Crippen LogP contribution in [0.2, 0.25) is 0 Å². The molecule has 3 aromatic carbocycles. The second-order valence-electron chi connectivity index (χ2n) is 7.08. The van der Waals surface area contributed by atoms with Crippen molar-refractivity contribution in [2.75, 3.05) is 5.32 Å². The predicted molar refractivity (Wildman–Crippen MR) is 125 cm³/mol. The van der Waals surface area contributed by atoms with E-state index < -0.39 is 0 Å². The standard InChI is InChI=1S/C25H26N2O2S/c1-18(21-13-7-4-8-14-21)26-25(29)22-15-9-10-16-23(22)27-24(28)19(2)30-17-20-11-5-3-6-12-20/h3-16,18-19H,17H2,1-2H3,(H,26,29)(H,27,28)/t18-,19-/m1/s1. The van der Waals surface area contributed by atoms with E-state index in [0.717, 1.165) is 11.3 Å². The van der Waals surface area contributed by atoms with Crippen LogP contribution in [-0.2, 0) is 10.5 Å². The van der Waals surface area contributed by atoms with Gasteiger partial charge in [-0.3, -0.25) is 9.59 Å². The zero-order chi connectivity index (χ0) is 21.3. The number of benzene rings is 3. The van der Waals surface area contributed by atoms with Gasteiger partial charge in [0.15, 0.2) is 0 Å². The van der Waals surface area contributed by atoms with Gasteiger partial charge in [0, 0.05) is 5.75 Å². The van der Waals surface area contributed by atoms with Crippen LogP contribution >= 0.6 is 11.8 Å². The van der Waals surface area contributed by atoms with Crippen molar-refractivity contribution in [3.05, 3.63) is 102 Å². The van der Waals surface area contributed by atoms with Gasteiger partial charge in [0.1, 0.15) is 0 Å². The van der Waals surface area contributed by atoms with Gasteiger partial charge in [0.25, 0.3) is 5.91 Å². The maximum Gasteiger partial charge on any atom is 0.253 e. The molecular formula is C25H26N2O2S. The van der Waals surface area contributed by atoms with Crippen molar-refractivity contribution in [2.45, 2.75) is 30.9 Å². The molecule has 0 fully saturated rings. The SMILES string of the molecule is C[C@@H](SCc1ccccc1)C(=O)Nc1ccccc1C(=O)N[C@H](C)c1ccccc1. The average Bonchev–Trinajstić information content (AvgIpc) is 2.79. The molecule has 0 radical (unpaired) electrons. The van der Waals surface area contributed by atoms with Crippen LogP contribution in [0, 0.1) is 0 Å². The van der Waals surface area contributed by atoms with E-state index in [1.165, 1.54) is 5.56 Å². The number of carbonyl (C=O) groups is 2. The second kappa shape index (κ2) is 10.6. The van der Waals surface area contributed by atoms with Gasteiger partial charge in [-0.25, -0.2) is 0 Å². The Labute approximate surface area is 182 Å². The topological polar surface area (TPSA) is 58.2 Å². The van der Waals surface area contributed by atoms with Crippen molar-refractivity contribution in [2.24, 2.45) is 0 Å². The van der Waals surface area contributed by atoms with Gasteiger partial charge >= 0.3 is 0 Å². The van der Waals surface area contributed by atoms with E-state index in [-0.39, 0.29) is 23.1 Å². The number of amides is 2. The highest BCUT2D eigenvalue weighted by Gasteiger charge is 2.19. The largest absolute Gasteiger partial charge is 0.345 e. The molecule has 0 heterocycles. The number of nitrogens with one attached hydrogen (secondary N) is 2. The fourth-order valence-corrected chi connectivity index (χ4v) is 3.84. The van der Waals surface area contributed by atoms with Crippen LogP contribution in [0.25, 0.3) is 0 Å². The first-order valence-electron chi connectivity index (χ1n) is 9.96. The summed E-state index contributed by atoms with van der Waals surface area (Å²) in [7, 11) is 0. The van der Waals surface area contributed by atoms with E-state index in [1.807, 2.05) is 80.6 Å². The zero-order valence-corrected chi connectivity index (χ0v) is 18.0. The van der Waals surface area contributed by atoms with Crippen LogP contribution in [0.5, 0.6) is 0 Å². The Morgan fingerprint density at radius 2 is 1.43 bits per heavy atom. The molecule has 0 saturated heterocycles. The number of thioether (sulfide) groups is 1. The summed E-state index contributed by atoms with van der Waals surface area (Å²) in [5.74, 6) is 0.422. The minimum Gasteiger partial charge on any atom is -0.345 e. The van der Waals surface area contributed by atoms with E-state index in [1.54, 1.807) is 30.0 Å². The highest BCUT2D eigenvalue weighted by atomic mass is 32.2. The molecule has 3 aromatic rings.